The van der Waals surface area contributed by atoms with E-state index in [0.717, 1.165) is 0 Å². The maximum absolute atomic E-state index is 12.7. The van der Waals surface area contributed by atoms with Gasteiger partial charge in [-0.3, -0.25) is 0 Å². The molecule has 1 aromatic rings. The van der Waals surface area contributed by atoms with Crippen molar-refractivity contribution in [3.8, 4) is 0 Å². The molecular formula is C18H30BrNO5SSi. The van der Waals surface area contributed by atoms with Gasteiger partial charge in [0.05, 0.1) is 18.4 Å². The molecule has 1 rings (SSSR count). The fourth-order valence-electron chi connectivity index (χ4n) is 2.02. The van der Waals surface area contributed by atoms with Gasteiger partial charge < -0.3 is 9.16 Å². The predicted octanol–water partition coefficient (Wildman–Crippen LogP) is 4.02. The molecule has 0 fully saturated rings. The summed E-state index contributed by atoms with van der Waals surface area (Å²) in [6.07, 6.45) is 0. The summed E-state index contributed by atoms with van der Waals surface area (Å²) in [5.41, 5.74) is 0.824. The number of methoxy groups -OCH3 is 1. The molecule has 154 valence electrons. The second-order valence-electron chi connectivity index (χ2n) is 7.98. The molecular weight excluding hydrogens is 450 g/mol. The molecule has 0 aromatic heterocycles. The number of benzene rings is 1. The van der Waals surface area contributed by atoms with Crippen molar-refractivity contribution in [1.82, 2.24) is 4.31 Å². The van der Waals surface area contributed by atoms with Gasteiger partial charge in [-0.15, -0.1) is 0 Å². The van der Waals surface area contributed by atoms with Crippen molar-refractivity contribution < 1.29 is 22.4 Å². The molecule has 0 atom stereocenters. The third kappa shape index (κ3) is 6.67. The van der Waals surface area contributed by atoms with Gasteiger partial charge in [-0.2, -0.15) is 0 Å². The Labute approximate surface area is 172 Å². The first-order valence-electron chi connectivity index (χ1n) is 8.66. The van der Waals surface area contributed by atoms with Gasteiger partial charge >= 0.3 is 5.97 Å². The third-order valence-electron chi connectivity index (χ3n) is 4.95. The van der Waals surface area contributed by atoms with Gasteiger partial charge in [0.25, 0.3) is 0 Å². The summed E-state index contributed by atoms with van der Waals surface area (Å²) in [6, 6.07) is 4.77. The maximum Gasteiger partial charge on any atom is 0.337 e. The zero-order valence-electron chi connectivity index (χ0n) is 17.1. The lowest BCUT2D eigenvalue weighted by atomic mass is 10.1. The van der Waals surface area contributed by atoms with E-state index in [1.165, 1.54) is 17.5 Å². The van der Waals surface area contributed by atoms with Crippen LogP contribution in [0.3, 0.4) is 0 Å². The van der Waals surface area contributed by atoms with E-state index in [1.54, 1.807) is 19.2 Å². The number of hydrogen-bond donors (Lipinski definition) is 0. The molecule has 27 heavy (non-hydrogen) atoms. The first-order chi connectivity index (χ1) is 12.2. The number of carbonyl (C=O) groups excluding carboxylic acids is 1. The van der Waals surface area contributed by atoms with Crippen LogP contribution in [0.2, 0.25) is 18.1 Å². The molecule has 1 aromatic carbocycles. The first kappa shape index (κ1) is 24.3. The summed E-state index contributed by atoms with van der Waals surface area (Å²) < 4.78 is 38.1. The van der Waals surface area contributed by atoms with Crippen LogP contribution in [-0.2, 0) is 24.9 Å². The Bertz CT molecular complexity index is 774. The number of nitrogens with zero attached hydrogens (tertiary/aromatic N) is 1. The average molecular weight is 480 g/mol. The summed E-state index contributed by atoms with van der Waals surface area (Å²) >= 11 is 3.35. The molecule has 0 aliphatic heterocycles. The van der Waals surface area contributed by atoms with Crippen molar-refractivity contribution in [2.45, 2.75) is 44.7 Å². The van der Waals surface area contributed by atoms with E-state index in [0.29, 0.717) is 22.2 Å². The molecule has 0 bridgehead atoms. The van der Waals surface area contributed by atoms with Crippen LogP contribution >= 0.6 is 15.9 Å². The molecule has 0 radical (unpaired) electrons. The number of rotatable bonds is 8. The minimum absolute atomic E-state index is 0.0731. The zero-order chi connectivity index (χ0) is 21.0. The normalized spacial score (nSPS) is 13.1. The summed E-state index contributed by atoms with van der Waals surface area (Å²) in [6.45, 7) is 11.3. The van der Waals surface area contributed by atoms with Crippen LogP contribution in [0.25, 0.3) is 0 Å². The van der Waals surface area contributed by atoms with Gasteiger partial charge in [0.1, 0.15) is 0 Å². The minimum Gasteiger partial charge on any atom is -0.465 e. The van der Waals surface area contributed by atoms with E-state index >= 15 is 0 Å². The minimum atomic E-state index is -3.55. The van der Waals surface area contributed by atoms with Crippen LogP contribution < -0.4 is 0 Å². The number of halogens is 1. The Morgan fingerprint density at radius 1 is 1.26 bits per heavy atom. The van der Waals surface area contributed by atoms with Gasteiger partial charge in [-0.25, -0.2) is 17.5 Å². The highest BCUT2D eigenvalue weighted by atomic mass is 79.9. The molecule has 0 amide bonds. The Balaban J connectivity index is 2.82. The lowest BCUT2D eigenvalue weighted by molar-refractivity contribution is 0.0600. The summed E-state index contributed by atoms with van der Waals surface area (Å²) in [5.74, 6) is -0.716. The largest absolute Gasteiger partial charge is 0.465 e. The highest BCUT2D eigenvalue weighted by Crippen LogP contribution is 2.36. The fraction of sp³-hybridized carbons (Fsp3) is 0.611. The van der Waals surface area contributed by atoms with Gasteiger partial charge in [-0.05, 0) is 41.9 Å². The molecule has 0 aliphatic carbocycles. The van der Waals surface area contributed by atoms with E-state index in [9.17, 15) is 13.2 Å². The van der Waals surface area contributed by atoms with Crippen LogP contribution in [0.5, 0.6) is 0 Å². The third-order valence-corrected chi connectivity index (χ3v) is 12.1. The van der Waals surface area contributed by atoms with Crippen molar-refractivity contribution in [3.05, 3.63) is 33.8 Å². The van der Waals surface area contributed by atoms with Crippen LogP contribution in [0, 0.1) is 0 Å². The second-order valence-corrected chi connectivity index (χ2v) is 15.7. The molecule has 0 saturated heterocycles. The Hall–Kier alpha value is -0.743. The number of ether oxygens (including phenoxy) is 1. The van der Waals surface area contributed by atoms with Crippen LogP contribution in [0.15, 0.2) is 22.7 Å². The number of esters is 1. The number of hydrogen-bond acceptors (Lipinski definition) is 5. The summed E-state index contributed by atoms with van der Waals surface area (Å²) in [5, 5.41) is 0.0731. The van der Waals surface area contributed by atoms with E-state index < -0.39 is 24.3 Å². The molecule has 0 aliphatic rings. The van der Waals surface area contributed by atoms with E-state index in [2.05, 4.69) is 49.8 Å². The Kier molecular flexibility index (Phi) is 8.25. The van der Waals surface area contributed by atoms with Crippen molar-refractivity contribution >= 4 is 40.2 Å². The van der Waals surface area contributed by atoms with Crippen molar-refractivity contribution in [1.29, 1.82) is 0 Å². The molecule has 9 heteroatoms. The molecule has 0 spiro atoms. The molecule has 0 heterocycles. The SMILES string of the molecule is COC(=O)c1ccc(Br)c(CS(=O)(=O)N(C)CCO[Si](C)(C)C(C)(C)C)c1. The van der Waals surface area contributed by atoms with Crippen LogP contribution in [0.4, 0.5) is 0 Å². The zero-order valence-corrected chi connectivity index (χ0v) is 20.5. The van der Waals surface area contributed by atoms with E-state index in [4.69, 9.17) is 9.16 Å². The van der Waals surface area contributed by atoms with Crippen molar-refractivity contribution in [2.24, 2.45) is 0 Å². The fourth-order valence-corrected chi connectivity index (χ4v) is 4.83. The van der Waals surface area contributed by atoms with Gasteiger partial charge in [0.2, 0.25) is 10.0 Å². The van der Waals surface area contributed by atoms with Gasteiger partial charge in [-0.1, -0.05) is 36.7 Å². The maximum atomic E-state index is 12.7. The molecule has 0 N–H and O–H groups in total. The van der Waals surface area contributed by atoms with Crippen LogP contribution in [0.1, 0.15) is 36.7 Å². The van der Waals surface area contributed by atoms with E-state index in [1.807, 2.05) is 0 Å². The van der Waals surface area contributed by atoms with Crippen molar-refractivity contribution in [3.63, 3.8) is 0 Å². The van der Waals surface area contributed by atoms with Crippen molar-refractivity contribution in [2.75, 3.05) is 27.3 Å². The standard InChI is InChI=1S/C18H30BrNO5SSi/c1-18(2,3)27(6,7)25-11-10-20(4)26(22,23)13-15-12-14(17(21)24-5)8-9-16(15)19/h8-9,12H,10-11,13H2,1-7H3. The topological polar surface area (TPSA) is 72.9 Å². The number of sulfonamides is 1. The average Bonchev–Trinajstić information content (AvgIpc) is 2.54. The lowest BCUT2D eigenvalue weighted by Crippen LogP contribution is -2.43. The Morgan fingerprint density at radius 2 is 1.85 bits per heavy atom. The smallest absolute Gasteiger partial charge is 0.337 e. The van der Waals surface area contributed by atoms with Gasteiger partial charge in [0, 0.05) is 24.7 Å². The summed E-state index contributed by atoms with van der Waals surface area (Å²) in [4.78, 5) is 11.7. The monoisotopic (exact) mass is 479 g/mol. The lowest BCUT2D eigenvalue weighted by Gasteiger charge is -2.36. The second kappa shape index (κ2) is 9.17. The molecule has 6 nitrogen and oxygen atoms in total. The van der Waals surface area contributed by atoms with E-state index in [-0.39, 0.29) is 17.3 Å². The predicted molar refractivity (Wildman–Crippen MR) is 114 cm³/mol. The highest BCUT2D eigenvalue weighted by molar-refractivity contribution is 9.10. The summed E-state index contributed by atoms with van der Waals surface area (Å²) in [7, 11) is -2.64. The van der Waals surface area contributed by atoms with Crippen LogP contribution in [-0.4, -0.2) is 54.3 Å². The molecule has 0 saturated carbocycles. The highest BCUT2D eigenvalue weighted by Gasteiger charge is 2.37. The molecule has 0 unspecified atom stereocenters. The quantitative estimate of drug-likeness (QED) is 0.415. The Morgan fingerprint density at radius 3 is 2.37 bits per heavy atom. The first-order valence-corrected chi connectivity index (χ1v) is 14.0. The van der Waals surface area contributed by atoms with Gasteiger partial charge in [0.15, 0.2) is 8.32 Å². The number of likely N-dealkylation sites (N-methyl/N-ethyl adjacent to an activating group) is 1. The number of carbonyl (C=O) groups is 1.